The first-order chi connectivity index (χ1) is 8.99. The van der Waals surface area contributed by atoms with E-state index in [0.717, 1.165) is 16.2 Å². The Bertz CT molecular complexity index is 673. The van der Waals surface area contributed by atoms with Crippen LogP contribution in [0.1, 0.15) is 20.8 Å². The summed E-state index contributed by atoms with van der Waals surface area (Å²) in [6.45, 7) is 10.5. The third-order valence-corrected chi connectivity index (χ3v) is 3.59. The van der Waals surface area contributed by atoms with Crippen LogP contribution < -0.4 is 5.56 Å². The maximum atomic E-state index is 12.5. The van der Waals surface area contributed by atoms with Crippen LogP contribution in [-0.4, -0.2) is 14.8 Å². The van der Waals surface area contributed by atoms with E-state index < -0.39 is 0 Å². The fourth-order valence-electron chi connectivity index (χ4n) is 1.86. The van der Waals surface area contributed by atoms with Gasteiger partial charge in [0, 0.05) is 11.8 Å². The fourth-order valence-corrected chi connectivity index (χ4v) is 2.71. The lowest BCUT2D eigenvalue weighted by Crippen LogP contribution is -2.24. The molecule has 0 bridgehead atoms. The van der Waals surface area contributed by atoms with E-state index in [1.165, 1.54) is 0 Å². The number of benzene rings is 1. The van der Waals surface area contributed by atoms with Crippen LogP contribution in [0.5, 0.6) is 0 Å². The van der Waals surface area contributed by atoms with Crippen LogP contribution in [0, 0.1) is 0 Å². The highest BCUT2D eigenvalue weighted by atomic mass is 32.2. The monoisotopic (exact) mass is 274 g/mol. The Morgan fingerprint density at radius 1 is 1.42 bits per heavy atom. The minimum atomic E-state index is 0.0109. The number of fused-ring (bicyclic) bond motifs is 1. The van der Waals surface area contributed by atoms with Crippen molar-refractivity contribution >= 4 is 22.7 Å². The summed E-state index contributed by atoms with van der Waals surface area (Å²) in [5.41, 5.74) is 1.72. The molecule has 0 saturated heterocycles. The van der Waals surface area contributed by atoms with Gasteiger partial charge in [-0.25, -0.2) is 4.98 Å². The molecule has 100 valence electrons. The molecule has 3 nitrogen and oxygen atoms in total. The number of hydrogen-bond donors (Lipinski definition) is 0. The zero-order valence-electron chi connectivity index (χ0n) is 11.5. The van der Waals surface area contributed by atoms with Gasteiger partial charge in [-0.1, -0.05) is 49.9 Å². The van der Waals surface area contributed by atoms with Gasteiger partial charge in [-0.15, -0.1) is 0 Å². The van der Waals surface area contributed by atoms with E-state index in [4.69, 9.17) is 0 Å². The fraction of sp³-hybridized carbons (Fsp3) is 0.333. The number of nitrogens with zero attached hydrogens (tertiary/aromatic N) is 2. The molecule has 0 amide bonds. The van der Waals surface area contributed by atoms with Crippen molar-refractivity contribution in [1.29, 1.82) is 0 Å². The van der Waals surface area contributed by atoms with E-state index in [-0.39, 0.29) is 5.56 Å². The summed E-state index contributed by atoms with van der Waals surface area (Å²) in [7, 11) is 0. The molecule has 0 spiro atoms. The van der Waals surface area contributed by atoms with Crippen LogP contribution >= 0.6 is 11.8 Å². The Kier molecular flexibility index (Phi) is 4.10. The van der Waals surface area contributed by atoms with E-state index in [2.05, 4.69) is 25.4 Å². The highest BCUT2D eigenvalue weighted by Crippen LogP contribution is 2.22. The van der Waals surface area contributed by atoms with Crippen molar-refractivity contribution in [3.63, 3.8) is 0 Å². The van der Waals surface area contributed by atoms with E-state index in [1.54, 1.807) is 16.3 Å². The third kappa shape index (κ3) is 3.07. The molecule has 4 heteroatoms. The van der Waals surface area contributed by atoms with Crippen molar-refractivity contribution in [3.05, 3.63) is 46.8 Å². The van der Waals surface area contributed by atoms with Gasteiger partial charge >= 0.3 is 0 Å². The molecular formula is C15H18N2OS. The highest BCUT2D eigenvalue weighted by molar-refractivity contribution is 7.99. The lowest BCUT2D eigenvalue weighted by atomic mass is 10.2. The molecule has 2 rings (SSSR count). The molecule has 1 aromatic heterocycles. The van der Waals surface area contributed by atoms with Crippen molar-refractivity contribution in [2.75, 3.05) is 0 Å². The molecule has 0 aliphatic heterocycles. The van der Waals surface area contributed by atoms with Crippen molar-refractivity contribution in [2.45, 2.75) is 37.7 Å². The first kappa shape index (κ1) is 13.9. The van der Waals surface area contributed by atoms with Crippen LogP contribution in [-0.2, 0) is 6.54 Å². The van der Waals surface area contributed by atoms with Crippen molar-refractivity contribution < 1.29 is 0 Å². The van der Waals surface area contributed by atoms with Gasteiger partial charge < -0.3 is 0 Å². The summed E-state index contributed by atoms with van der Waals surface area (Å²) in [4.78, 5) is 17.1. The molecule has 0 N–H and O–H groups in total. The smallest absolute Gasteiger partial charge is 0.262 e. The molecular weight excluding hydrogens is 256 g/mol. The van der Waals surface area contributed by atoms with Crippen molar-refractivity contribution in [2.24, 2.45) is 0 Å². The van der Waals surface area contributed by atoms with E-state index in [9.17, 15) is 4.79 Å². The lowest BCUT2D eigenvalue weighted by Gasteiger charge is -2.14. The van der Waals surface area contributed by atoms with Crippen molar-refractivity contribution in [3.8, 4) is 0 Å². The van der Waals surface area contributed by atoms with Crippen LogP contribution in [0.15, 0.2) is 46.4 Å². The number of thioether (sulfide) groups is 1. The molecule has 0 unspecified atom stereocenters. The molecule has 2 aromatic rings. The minimum Gasteiger partial charge on any atom is -0.283 e. The predicted molar refractivity (Wildman–Crippen MR) is 81.8 cm³/mol. The number of rotatable bonds is 4. The lowest BCUT2D eigenvalue weighted by molar-refractivity contribution is 0.650. The van der Waals surface area contributed by atoms with Crippen LogP contribution in [0.3, 0.4) is 0 Å². The predicted octanol–water partition coefficient (Wildman–Crippen LogP) is 3.47. The third-order valence-electron chi connectivity index (χ3n) is 2.60. The largest absolute Gasteiger partial charge is 0.283 e. The van der Waals surface area contributed by atoms with Gasteiger partial charge in [0.25, 0.3) is 5.56 Å². The van der Waals surface area contributed by atoms with Crippen LogP contribution in [0.4, 0.5) is 0 Å². The second-order valence-electron chi connectivity index (χ2n) is 4.93. The zero-order chi connectivity index (χ0) is 14.0. The van der Waals surface area contributed by atoms with Gasteiger partial charge in [0.2, 0.25) is 0 Å². The van der Waals surface area contributed by atoms with Gasteiger partial charge in [0.05, 0.1) is 10.9 Å². The maximum absolute atomic E-state index is 12.5. The van der Waals surface area contributed by atoms with E-state index in [0.29, 0.717) is 17.2 Å². The summed E-state index contributed by atoms with van der Waals surface area (Å²) in [5.74, 6) is 0. The molecule has 0 radical (unpaired) electrons. The van der Waals surface area contributed by atoms with E-state index in [1.807, 2.05) is 31.2 Å². The molecule has 0 atom stereocenters. The Hall–Kier alpha value is -1.55. The number of hydrogen-bond acceptors (Lipinski definition) is 3. The first-order valence-corrected chi connectivity index (χ1v) is 7.17. The highest BCUT2D eigenvalue weighted by Gasteiger charge is 2.12. The van der Waals surface area contributed by atoms with Crippen molar-refractivity contribution in [1.82, 2.24) is 9.55 Å². The summed E-state index contributed by atoms with van der Waals surface area (Å²) in [5, 5.41) is 1.81. The molecule has 0 saturated carbocycles. The average Bonchev–Trinajstić information content (AvgIpc) is 2.33. The van der Waals surface area contributed by atoms with Gasteiger partial charge in [0.15, 0.2) is 5.16 Å². The zero-order valence-corrected chi connectivity index (χ0v) is 12.3. The SMILES string of the molecule is C=C(C)Cn1c(SC(C)C)nc2ccccc2c1=O. The quantitative estimate of drug-likeness (QED) is 0.486. The van der Waals surface area contributed by atoms with Gasteiger partial charge in [-0.2, -0.15) is 0 Å². The molecule has 1 heterocycles. The Balaban J connectivity index is 2.69. The standard InChI is InChI=1S/C15H18N2OS/c1-10(2)9-17-14(18)12-7-5-6-8-13(12)16-15(17)19-11(3)4/h5-8,11H,1,9H2,2-4H3. The normalized spacial score (nSPS) is 11.2. The van der Waals surface area contributed by atoms with Gasteiger partial charge in [-0.3, -0.25) is 9.36 Å². The van der Waals surface area contributed by atoms with E-state index >= 15 is 0 Å². The van der Waals surface area contributed by atoms with Crippen LogP contribution in [0.2, 0.25) is 0 Å². The number of aromatic nitrogens is 2. The Labute approximate surface area is 117 Å². The summed E-state index contributed by atoms with van der Waals surface area (Å²) in [6, 6.07) is 7.48. The number of para-hydroxylation sites is 1. The summed E-state index contributed by atoms with van der Waals surface area (Å²) >= 11 is 1.61. The van der Waals surface area contributed by atoms with Gasteiger partial charge in [-0.05, 0) is 19.1 Å². The summed E-state index contributed by atoms with van der Waals surface area (Å²) < 4.78 is 1.72. The molecule has 1 aromatic carbocycles. The Morgan fingerprint density at radius 3 is 2.74 bits per heavy atom. The van der Waals surface area contributed by atoms with Crippen LogP contribution in [0.25, 0.3) is 10.9 Å². The van der Waals surface area contributed by atoms with Gasteiger partial charge in [0.1, 0.15) is 0 Å². The average molecular weight is 274 g/mol. The molecule has 19 heavy (non-hydrogen) atoms. The summed E-state index contributed by atoms with van der Waals surface area (Å²) in [6.07, 6.45) is 0. The Morgan fingerprint density at radius 2 is 2.11 bits per heavy atom. The second kappa shape index (κ2) is 5.61. The second-order valence-corrected chi connectivity index (χ2v) is 6.47. The maximum Gasteiger partial charge on any atom is 0.262 e. The molecule has 0 aliphatic carbocycles. The molecule has 0 fully saturated rings. The number of allylic oxidation sites excluding steroid dienone is 1. The topological polar surface area (TPSA) is 34.9 Å². The first-order valence-electron chi connectivity index (χ1n) is 6.29. The minimum absolute atomic E-state index is 0.0109. The molecule has 0 aliphatic rings.